The average Bonchev–Trinajstić information content (AvgIpc) is 1.58. The van der Waals surface area contributed by atoms with Crippen LogP contribution < -0.4 is 4.90 Å². The van der Waals surface area contributed by atoms with Gasteiger partial charge in [-0.05, 0) is 0 Å². The predicted octanol–water partition coefficient (Wildman–Crippen LogP) is -0.738. The fraction of sp³-hybridized carbons (Fsp3) is 0.800. The fourth-order valence-corrected chi connectivity index (χ4v) is 0.866. The maximum absolute atomic E-state index is 11.6. The standard InChI is InChI=1S/C5H10FN/c1-7-3-5(2-6)4-7/h5,7H,1-4H2. The van der Waals surface area contributed by atoms with Gasteiger partial charge in [0.2, 0.25) is 0 Å². The zero-order valence-corrected chi connectivity index (χ0v) is 4.28. The maximum Gasteiger partial charge on any atom is 0.103 e. The van der Waals surface area contributed by atoms with Gasteiger partial charge in [0.05, 0.1) is 19.0 Å². The summed E-state index contributed by atoms with van der Waals surface area (Å²) in [5, 5.41) is 0. The van der Waals surface area contributed by atoms with Crippen molar-refractivity contribution in [2.24, 2.45) is 5.92 Å². The quantitative estimate of drug-likeness (QED) is 0.417. The molecule has 42 valence electrons. The smallest absolute Gasteiger partial charge is 0.103 e. The van der Waals surface area contributed by atoms with Gasteiger partial charge in [-0.15, -0.1) is 0 Å². The van der Waals surface area contributed by atoms with Crippen molar-refractivity contribution in [2.75, 3.05) is 19.8 Å². The molecular formula is C5H10FN. The predicted molar refractivity (Wildman–Crippen MR) is 25.5 cm³/mol. The van der Waals surface area contributed by atoms with E-state index < -0.39 is 0 Å². The molecule has 1 aliphatic heterocycles. The number of quaternary nitrogens is 1. The Labute approximate surface area is 43.1 Å². The second-order valence-electron chi connectivity index (χ2n) is 2.18. The highest BCUT2D eigenvalue weighted by atomic mass is 19.1. The number of halogens is 1. The van der Waals surface area contributed by atoms with Crippen LogP contribution in [-0.2, 0) is 0 Å². The molecule has 0 aliphatic carbocycles. The number of alkyl halides is 1. The largest absolute Gasteiger partial charge is 0.467 e. The van der Waals surface area contributed by atoms with Crippen LogP contribution >= 0.6 is 0 Å². The van der Waals surface area contributed by atoms with Crippen LogP contribution in [0, 0.1) is 13.0 Å². The molecule has 0 aromatic carbocycles. The minimum Gasteiger partial charge on any atom is -0.467 e. The summed E-state index contributed by atoms with van der Waals surface area (Å²) in [5.41, 5.74) is 0. The van der Waals surface area contributed by atoms with Crippen LogP contribution in [0.15, 0.2) is 0 Å². The van der Waals surface area contributed by atoms with Gasteiger partial charge in [-0.25, -0.2) is 0 Å². The molecule has 0 atom stereocenters. The summed E-state index contributed by atoms with van der Waals surface area (Å²) in [6.07, 6.45) is 0. The lowest BCUT2D eigenvalue weighted by Gasteiger charge is -2.36. The molecule has 0 aromatic heterocycles. The zero-order chi connectivity index (χ0) is 5.28. The van der Waals surface area contributed by atoms with E-state index in [1.807, 2.05) is 0 Å². The van der Waals surface area contributed by atoms with Crippen molar-refractivity contribution < 1.29 is 9.29 Å². The molecular weight excluding hydrogens is 93.1 g/mol. The summed E-state index contributed by atoms with van der Waals surface area (Å²) in [4.78, 5) is 1.21. The molecule has 1 rings (SSSR count). The van der Waals surface area contributed by atoms with Gasteiger partial charge in [0.15, 0.2) is 0 Å². The monoisotopic (exact) mass is 103 g/mol. The summed E-state index contributed by atoms with van der Waals surface area (Å²) in [7, 11) is 3.69. The Bertz CT molecular complexity index is 59.1. The molecule has 1 N–H and O–H groups in total. The molecule has 1 saturated heterocycles. The van der Waals surface area contributed by atoms with E-state index in [1.54, 1.807) is 0 Å². The van der Waals surface area contributed by atoms with E-state index in [-0.39, 0.29) is 6.67 Å². The second-order valence-corrected chi connectivity index (χ2v) is 2.18. The van der Waals surface area contributed by atoms with Gasteiger partial charge in [-0.1, -0.05) is 0 Å². The summed E-state index contributed by atoms with van der Waals surface area (Å²) < 4.78 is 11.6. The number of hydrogen-bond donors (Lipinski definition) is 1. The second kappa shape index (κ2) is 1.78. The summed E-state index contributed by atoms with van der Waals surface area (Å²) in [6.45, 7) is 1.70. The number of likely N-dealkylation sites (tertiary alicyclic amines) is 1. The maximum atomic E-state index is 11.6. The number of rotatable bonds is 1. The first kappa shape index (κ1) is 5.04. The molecule has 0 saturated carbocycles. The summed E-state index contributed by atoms with van der Waals surface area (Å²) >= 11 is 0. The zero-order valence-electron chi connectivity index (χ0n) is 4.28. The molecule has 0 amide bonds. The SMILES string of the molecule is [CH2-][NH+]1CC(CF)C1. The average molecular weight is 103 g/mol. The van der Waals surface area contributed by atoms with Gasteiger partial charge < -0.3 is 4.90 Å². The Morgan fingerprint density at radius 2 is 2.29 bits per heavy atom. The van der Waals surface area contributed by atoms with Crippen molar-refractivity contribution >= 4 is 0 Å². The molecule has 7 heavy (non-hydrogen) atoms. The van der Waals surface area contributed by atoms with Crippen LogP contribution in [0.5, 0.6) is 0 Å². The number of hydrogen-bond acceptors (Lipinski definition) is 0. The van der Waals surface area contributed by atoms with E-state index in [0.29, 0.717) is 5.92 Å². The lowest BCUT2D eigenvalue weighted by Crippen LogP contribution is -3.15. The van der Waals surface area contributed by atoms with Crippen LogP contribution in [0.2, 0.25) is 0 Å². The van der Waals surface area contributed by atoms with Crippen molar-refractivity contribution in [3.63, 3.8) is 0 Å². The van der Waals surface area contributed by atoms with E-state index in [1.165, 1.54) is 4.90 Å². The third-order valence-electron chi connectivity index (χ3n) is 1.37. The highest BCUT2D eigenvalue weighted by Crippen LogP contribution is 1.95. The van der Waals surface area contributed by atoms with Crippen molar-refractivity contribution in [2.45, 2.75) is 0 Å². The van der Waals surface area contributed by atoms with Crippen LogP contribution in [-0.4, -0.2) is 19.8 Å². The van der Waals surface area contributed by atoms with Gasteiger partial charge in [-0.2, -0.15) is 7.05 Å². The van der Waals surface area contributed by atoms with E-state index in [4.69, 9.17) is 0 Å². The molecule has 2 heteroatoms. The fourth-order valence-electron chi connectivity index (χ4n) is 0.866. The topological polar surface area (TPSA) is 4.44 Å². The molecule has 1 aliphatic rings. The molecule has 0 unspecified atom stereocenters. The van der Waals surface area contributed by atoms with Crippen LogP contribution in [0.4, 0.5) is 4.39 Å². The first-order valence-corrected chi connectivity index (χ1v) is 2.55. The van der Waals surface area contributed by atoms with E-state index >= 15 is 0 Å². The summed E-state index contributed by atoms with van der Waals surface area (Å²) in [5.74, 6) is 0.326. The van der Waals surface area contributed by atoms with Crippen molar-refractivity contribution in [3.8, 4) is 0 Å². The van der Waals surface area contributed by atoms with Gasteiger partial charge in [-0.3, -0.25) is 4.39 Å². The highest BCUT2D eigenvalue weighted by Gasteiger charge is 2.23. The first-order chi connectivity index (χ1) is 3.33. The van der Waals surface area contributed by atoms with Crippen LogP contribution in [0.25, 0.3) is 0 Å². The Balaban J connectivity index is 2.06. The normalized spacial score (nSPS) is 40.3. The van der Waals surface area contributed by atoms with Gasteiger partial charge in [0, 0.05) is 0 Å². The van der Waals surface area contributed by atoms with E-state index in [0.717, 1.165) is 13.1 Å². The molecule has 0 aromatic rings. The third-order valence-corrected chi connectivity index (χ3v) is 1.37. The minimum atomic E-state index is -0.154. The van der Waals surface area contributed by atoms with Gasteiger partial charge in [0.1, 0.15) is 6.67 Å². The first-order valence-electron chi connectivity index (χ1n) is 2.55. The Kier molecular flexibility index (Phi) is 1.28. The molecule has 0 bridgehead atoms. The highest BCUT2D eigenvalue weighted by molar-refractivity contribution is 4.59. The molecule has 1 nitrogen and oxygen atoms in total. The Hall–Kier alpha value is -0.110. The van der Waals surface area contributed by atoms with Crippen molar-refractivity contribution in [1.82, 2.24) is 0 Å². The summed E-state index contributed by atoms with van der Waals surface area (Å²) in [6, 6.07) is 0. The van der Waals surface area contributed by atoms with E-state index in [2.05, 4.69) is 7.05 Å². The van der Waals surface area contributed by atoms with Crippen molar-refractivity contribution in [1.29, 1.82) is 0 Å². The van der Waals surface area contributed by atoms with E-state index in [9.17, 15) is 4.39 Å². The van der Waals surface area contributed by atoms with Crippen LogP contribution in [0.1, 0.15) is 0 Å². The molecule has 0 radical (unpaired) electrons. The van der Waals surface area contributed by atoms with Crippen LogP contribution in [0.3, 0.4) is 0 Å². The molecule has 0 spiro atoms. The minimum absolute atomic E-state index is 0.154. The Morgan fingerprint density at radius 3 is 2.43 bits per heavy atom. The molecule has 1 fully saturated rings. The van der Waals surface area contributed by atoms with Gasteiger partial charge in [0.25, 0.3) is 0 Å². The van der Waals surface area contributed by atoms with Gasteiger partial charge >= 0.3 is 0 Å². The lowest BCUT2D eigenvalue weighted by atomic mass is 10.0. The Morgan fingerprint density at radius 1 is 1.71 bits per heavy atom. The lowest BCUT2D eigenvalue weighted by molar-refractivity contribution is -0.907. The third kappa shape index (κ3) is 0.911. The van der Waals surface area contributed by atoms with Crippen molar-refractivity contribution in [3.05, 3.63) is 7.05 Å². The molecule has 1 heterocycles. The number of nitrogens with one attached hydrogen (secondary N) is 1.